The molecule has 6 nitrogen and oxygen atoms in total. The van der Waals surface area contributed by atoms with Crippen LogP contribution in [-0.4, -0.2) is 32.4 Å². The van der Waals surface area contributed by atoms with E-state index in [1.54, 1.807) is 0 Å². The Morgan fingerprint density at radius 1 is 1.23 bits per heavy atom. The first kappa shape index (κ1) is 17.7. The summed E-state index contributed by atoms with van der Waals surface area (Å²) in [5, 5.41) is 0. The number of rotatable bonds is 4. The standard InChI is InChI=1S/C17H15F3N4O2/c1-23(9-14-21-12-4-2-3-5-13(12)22-14)16(26)10-24-8-11(17(18,19)20)6-7-15(24)25/h2-8H,9-10H2,1H3,(H,21,22). The summed E-state index contributed by atoms with van der Waals surface area (Å²) in [6, 6.07) is 8.84. The first-order chi connectivity index (χ1) is 12.2. The molecule has 0 spiro atoms. The van der Waals surface area contributed by atoms with Gasteiger partial charge in [0, 0.05) is 19.3 Å². The molecule has 0 bridgehead atoms. The van der Waals surface area contributed by atoms with Gasteiger partial charge in [-0.3, -0.25) is 9.59 Å². The van der Waals surface area contributed by atoms with Crippen LogP contribution in [-0.2, 0) is 24.1 Å². The summed E-state index contributed by atoms with van der Waals surface area (Å²) in [7, 11) is 1.49. The number of aromatic nitrogens is 3. The summed E-state index contributed by atoms with van der Waals surface area (Å²) in [5.74, 6) is 0.0327. The molecule has 9 heteroatoms. The Morgan fingerprint density at radius 3 is 2.65 bits per heavy atom. The molecule has 1 N–H and O–H groups in total. The number of nitrogens with one attached hydrogen (secondary N) is 1. The summed E-state index contributed by atoms with van der Waals surface area (Å²) < 4.78 is 39.0. The average Bonchev–Trinajstić information content (AvgIpc) is 2.97. The number of fused-ring (bicyclic) bond motifs is 1. The van der Waals surface area contributed by atoms with E-state index in [0.29, 0.717) is 18.1 Å². The van der Waals surface area contributed by atoms with Crippen molar-refractivity contribution in [2.75, 3.05) is 7.05 Å². The molecule has 0 fully saturated rings. The number of nitrogens with zero attached hydrogens (tertiary/aromatic N) is 3. The maximum absolute atomic E-state index is 12.8. The molecule has 3 rings (SSSR count). The van der Waals surface area contributed by atoms with Crippen molar-refractivity contribution in [1.82, 2.24) is 19.4 Å². The van der Waals surface area contributed by atoms with Crippen molar-refractivity contribution >= 4 is 16.9 Å². The van der Waals surface area contributed by atoms with Crippen LogP contribution < -0.4 is 5.56 Å². The van der Waals surface area contributed by atoms with Gasteiger partial charge in [0.1, 0.15) is 12.4 Å². The van der Waals surface area contributed by atoms with Crippen molar-refractivity contribution in [1.29, 1.82) is 0 Å². The Morgan fingerprint density at radius 2 is 1.96 bits per heavy atom. The number of likely N-dealkylation sites (N-methyl/N-ethyl adjacent to an activating group) is 1. The van der Waals surface area contributed by atoms with Crippen LogP contribution in [0.3, 0.4) is 0 Å². The minimum atomic E-state index is -4.58. The van der Waals surface area contributed by atoms with Crippen LogP contribution in [0.1, 0.15) is 11.4 Å². The van der Waals surface area contributed by atoms with Gasteiger partial charge in [0.05, 0.1) is 23.1 Å². The van der Waals surface area contributed by atoms with E-state index in [9.17, 15) is 22.8 Å². The van der Waals surface area contributed by atoms with Gasteiger partial charge < -0.3 is 14.5 Å². The Labute approximate surface area is 145 Å². The maximum Gasteiger partial charge on any atom is 0.417 e. The molecule has 0 aliphatic heterocycles. The lowest BCUT2D eigenvalue weighted by Gasteiger charge is -2.17. The number of amides is 1. The second kappa shape index (κ2) is 6.66. The molecule has 0 atom stereocenters. The maximum atomic E-state index is 12.8. The van der Waals surface area contributed by atoms with Gasteiger partial charge in [-0.15, -0.1) is 0 Å². The highest BCUT2D eigenvalue weighted by molar-refractivity contribution is 5.76. The number of hydrogen-bond donors (Lipinski definition) is 1. The van der Waals surface area contributed by atoms with Crippen molar-refractivity contribution in [2.24, 2.45) is 0 Å². The molecule has 0 radical (unpaired) electrons. The third-order valence-corrected chi connectivity index (χ3v) is 3.87. The van der Waals surface area contributed by atoms with E-state index in [4.69, 9.17) is 0 Å². The molecule has 0 aliphatic carbocycles. The summed E-state index contributed by atoms with van der Waals surface area (Å²) in [6.45, 7) is -0.347. The van der Waals surface area contributed by atoms with Crippen molar-refractivity contribution in [3.63, 3.8) is 0 Å². The summed E-state index contributed by atoms with van der Waals surface area (Å²) >= 11 is 0. The number of halogens is 3. The molecule has 2 aromatic heterocycles. The number of carbonyl (C=O) groups is 1. The lowest BCUT2D eigenvalue weighted by atomic mass is 10.2. The lowest BCUT2D eigenvalue weighted by Crippen LogP contribution is -2.34. The number of benzene rings is 1. The molecule has 0 saturated heterocycles. The number of aromatic amines is 1. The van der Waals surface area contributed by atoms with E-state index in [1.165, 1.54) is 11.9 Å². The molecule has 1 amide bonds. The normalized spacial score (nSPS) is 11.7. The Balaban J connectivity index is 1.74. The number of hydrogen-bond acceptors (Lipinski definition) is 3. The number of para-hydroxylation sites is 2. The summed E-state index contributed by atoms with van der Waals surface area (Å²) in [6.07, 6.45) is -3.94. The minimum absolute atomic E-state index is 0.140. The second-order valence-corrected chi connectivity index (χ2v) is 5.83. The highest BCUT2D eigenvalue weighted by Crippen LogP contribution is 2.28. The van der Waals surface area contributed by atoms with Gasteiger partial charge in [-0.1, -0.05) is 12.1 Å². The molecule has 2 heterocycles. The lowest BCUT2D eigenvalue weighted by molar-refractivity contribution is -0.138. The third-order valence-electron chi connectivity index (χ3n) is 3.87. The van der Waals surface area contributed by atoms with E-state index < -0.39 is 29.8 Å². The second-order valence-electron chi connectivity index (χ2n) is 5.83. The van der Waals surface area contributed by atoms with E-state index >= 15 is 0 Å². The first-order valence-corrected chi connectivity index (χ1v) is 7.69. The van der Waals surface area contributed by atoms with Gasteiger partial charge in [0.25, 0.3) is 5.56 Å². The average molecular weight is 364 g/mol. The van der Waals surface area contributed by atoms with Crippen LogP contribution in [0.4, 0.5) is 13.2 Å². The monoisotopic (exact) mass is 364 g/mol. The van der Waals surface area contributed by atoms with E-state index in [2.05, 4.69) is 9.97 Å². The van der Waals surface area contributed by atoms with Crippen LogP contribution in [0.15, 0.2) is 47.4 Å². The van der Waals surface area contributed by atoms with Gasteiger partial charge in [-0.2, -0.15) is 13.2 Å². The van der Waals surface area contributed by atoms with Crippen molar-refractivity contribution < 1.29 is 18.0 Å². The molecule has 0 unspecified atom stereocenters. The molecule has 0 saturated carbocycles. The van der Waals surface area contributed by atoms with Gasteiger partial charge in [0.2, 0.25) is 5.91 Å². The van der Waals surface area contributed by atoms with Gasteiger partial charge in [-0.25, -0.2) is 4.98 Å². The molecular weight excluding hydrogens is 349 g/mol. The number of imidazole rings is 1. The zero-order valence-electron chi connectivity index (χ0n) is 13.7. The topological polar surface area (TPSA) is 71.0 Å². The quantitative estimate of drug-likeness (QED) is 0.773. The third kappa shape index (κ3) is 3.76. The number of carbonyl (C=O) groups excluding carboxylic acids is 1. The van der Waals surface area contributed by atoms with Gasteiger partial charge in [-0.05, 0) is 18.2 Å². The Hall–Kier alpha value is -3.10. The molecular formula is C17H15F3N4O2. The number of H-pyrrole nitrogens is 1. The highest BCUT2D eigenvalue weighted by Gasteiger charge is 2.31. The fourth-order valence-electron chi connectivity index (χ4n) is 2.48. The molecule has 0 aliphatic rings. The smallest absolute Gasteiger partial charge is 0.340 e. The molecule has 136 valence electrons. The number of pyridine rings is 1. The Kier molecular flexibility index (Phi) is 4.54. The van der Waals surface area contributed by atoms with Crippen LogP contribution in [0.2, 0.25) is 0 Å². The van der Waals surface area contributed by atoms with Gasteiger partial charge >= 0.3 is 6.18 Å². The highest BCUT2D eigenvalue weighted by atomic mass is 19.4. The number of alkyl halides is 3. The van der Waals surface area contributed by atoms with Crippen LogP contribution >= 0.6 is 0 Å². The summed E-state index contributed by atoms with van der Waals surface area (Å²) in [5.41, 5.74) is -0.0942. The predicted molar refractivity (Wildman–Crippen MR) is 88.3 cm³/mol. The minimum Gasteiger partial charge on any atom is -0.340 e. The van der Waals surface area contributed by atoms with Gasteiger partial charge in [0.15, 0.2) is 0 Å². The van der Waals surface area contributed by atoms with Crippen LogP contribution in [0, 0.1) is 0 Å². The Bertz CT molecular complexity index is 974. The fourth-order valence-corrected chi connectivity index (χ4v) is 2.48. The van der Waals surface area contributed by atoms with Crippen molar-refractivity contribution in [3.05, 3.63) is 64.3 Å². The molecule has 1 aromatic carbocycles. The first-order valence-electron chi connectivity index (χ1n) is 7.69. The zero-order chi connectivity index (χ0) is 18.9. The molecule has 26 heavy (non-hydrogen) atoms. The zero-order valence-corrected chi connectivity index (χ0v) is 13.7. The van der Waals surface area contributed by atoms with Crippen LogP contribution in [0.25, 0.3) is 11.0 Å². The SMILES string of the molecule is CN(Cc1nc2ccccc2[nH]1)C(=O)Cn1cc(C(F)(F)F)ccc1=O. The van der Waals surface area contributed by atoms with E-state index in [-0.39, 0.29) is 6.54 Å². The fraction of sp³-hybridized carbons (Fsp3) is 0.235. The van der Waals surface area contributed by atoms with E-state index in [0.717, 1.165) is 21.7 Å². The largest absolute Gasteiger partial charge is 0.417 e. The van der Waals surface area contributed by atoms with Crippen molar-refractivity contribution in [2.45, 2.75) is 19.3 Å². The summed E-state index contributed by atoms with van der Waals surface area (Å²) in [4.78, 5) is 32.7. The molecule has 3 aromatic rings. The predicted octanol–water partition coefficient (Wildman–Crippen LogP) is 2.40. The van der Waals surface area contributed by atoms with Crippen molar-refractivity contribution in [3.8, 4) is 0 Å². The van der Waals surface area contributed by atoms with Crippen LogP contribution in [0.5, 0.6) is 0 Å². The van der Waals surface area contributed by atoms with E-state index in [1.807, 2.05) is 24.3 Å².